The summed E-state index contributed by atoms with van der Waals surface area (Å²) in [5.74, 6) is 0.915. The van der Waals surface area contributed by atoms with Gasteiger partial charge in [0, 0.05) is 24.3 Å². The van der Waals surface area contributed by atoms with Crippen molar-refractivity contribution in [3.63, 3.8) is 0 Å². The van der Waals surface area contributed by atoms with Crippen molar-refractivity contribution in [3.8, 4) is 0 Å². The smallest absolute Gasteiger partial charge is 0.220 e. The molecule has 2 heterocycles. The quantitative estimate of drug-likeness (QED) is 0.738. The number of hydrogen-bond donors (Lipinski definition) is 2. The van der Waals surface area contributed by atoms with Crippen molar-refractivity contribution in [2.45, 2.75) is 57.8 Å². The Labute approximate surface area is 149 Å². The monoisotopic (exact) mass is 357 g/mol. The van der Waals surface area contributed by atoms with E-state index >= 15 is 0 Å². The average molecular weight is 358 g/mol. The maximum atomic E-state index is 11.8. The lowest BCUT2D eigenvalue weighted by molar-refractivity contribution is -0.121. The van der Waals surface area contributed by atoms with Gasteiger partial charge >= 0.3 is 0 Å². The van der Waals surface area contributed by atoms with E-state index in [1.54, 1.807) is 0 Å². The summed E-state index contributed by atoms with van der Waals surface area (Å²) < 4.78 is 0. The highest BCUT2D eigenvalue weighted by Gasteiger charge is 2.16. The van der Waals surface area contributed by atoms with Gasteiger partial charge in [0.15, 0.2) is 0 Å². The number of carbonyl (C=O) groups excluding carboxylic acids is 1. The predicted molar refractivity (Wildman–Crippen MR) is 97.5 cm³/mol. The first-order valence-electron chi connectivity index (χ1n) is 8.76. The molecule has 1 aliphatic heterocycles. The standard InChI is InChI=1S/C17H27N3OS.ClH/c21-16(8-7-13-9-11-18-12-13)19-10-3-6-17-20-14-4-1-2-5-15(14)22-17;/h13,18H,1-12H2,(H,19,21);1H. The minimum atomic E-state index is 0. The van der Waals surface area contributed by atoms with Gasteiger partial charge in [-0.05, 0) is 64.0 Å². The Bertz CT molecular complexity index is 477. The maximum Gasteiger partial charge on any atom is 0.220 e. The van der Waals surface area contributed by atoms with E-state index in [0.29, 0.717) is 12.3 Å². The number of amides is 1. The number of aromatic nitrogens is 1. The predicted octanol–water partition coefficient (Wildman–Crippen LogP) is 2.88. The van der Waals surface area contributed by atoms with Gasteiger partial charge < -0.3 is 10.6 Å². The lowest BCUT2D eigenvalue weighted by Crippen LogP contribution is -2.25. The molecule has 1 aromatic rings. The van der Waals surface area contributed by atoms with E-state index in [9.17, 15) is 4.79 Å². The number of fused-ring (bicyclic) bond motifs is 1. The summed E-state index contributed by atoms with van der Waals surface area (Å²) in [6.07, 6.45) is 9.94. The zero-order valence-corrected chi connectivity index (χ0v) is 15.4. The molecule has 0 spiro atoms. The van der Waals surface area contributed by atoms with Gasteiger partial charge in [-0.2, -0.15) is 0 Å². The van der Waals surface area contributed by atoms with Crippen LogP contribution in [0, 0.1) is 5.92 Å². The molecule has 4 nitrogen and oxygen atoms in total. The van der Waals surface area contributed by atoms with E-state index in [2.05, 4.69) is 10.6 Å². The van der Waals surface area contributed by atoms with Gasteiger partial charge in [0.2, 0.25) is 5.91 Å². The van der Waals surface area contributed by atoms with Crippen LogP contribution in [-0.2, 0) is 24.1 Å². The van der Waals surface area contributed by atoms with Crippen molar-refractivity contribution in [2.75, 3.05) is 19.6 Å². The van der Waals surface area contributed by atoms with Crippen LogP contribution in [0.1, 0.15) is 54.1 Å². The Kier molecular flexibility index (Phi) is 7.80. The molecular formula is C17H28ClN3OS. The highest BCUT2D eigenvalue weighted by Crippen LogP contribution is 2.27. The van der Waals surface area contributed by atoms with E-state index in [0.717, 1.165) is 38.9 Å². The number of hydrogen-bond acceptors (Lipinski definition) is 4. The molecule has 0 aromatic carbocycles. The van der Waals surface area contributed by atoms with Crippen LogP contribution in [0.5, 0.6) is 0 Å². The maximum absolute atomic E-state index is 11.8. The van der Waals surface area contributed by atoms with Crippen molar-refractivity contribution in [1.29, 1.82) is 0 Å². The van der Waals surface area contributed by atoms with Crippen molar-refractivity contribution in [1.82, 2.24) is 15.6 Å². The van der Waals surface area contributed by atoms with Gasteiger partial charge in [-0.25, -0.2) is 4.98 Å². The lowest BCUT2D eigenvalue weighted by Gasteiger charge is -2.08. The van der Waals surface area contributed by atoms with Crippen molar-refractivity contribution in [2.24, 2.45) is 5.92 Å². The van der Waals surface area contributed by atoms with E-state index in [1.807, 2.05) is 11.3 Å². The second-order valence-corrected chi connectivity index (χ2v) is 7.70. The summed E-state index contributed by atoms with van der Waals surface area (Å²) in [5.41, 5.74) is 1.35. The Morgan fingerprint density at radius 1 is 1.35 bits per heavy atom. The number of halogens is 1. The first-order valence-corrected chi connectivity index (χ1v) is 9.58. The first-order chi connectivity index (χ1) is 10.8. The van der Waals surface area contributed by atoms with Crippen LogP contribution in [0.2, 0.25) is 0 Å². The van der Waals surface area contributed by atoms with E-state index < -0.39 is 0 Å². The molecule has 23 heavy (non-hydrogen) atoms. The van der Waals surface area contributed by atoms with Gasteiger partial charge in [0.25, 0.3) is 0 Å². The summed E-state index contributed by atoms with van der Waals surface area (Å²) in [6.45, 7) is 2.98. The molecule has 1 saturated heterocycles. The number of nitrogens with one attached hydrogen (secondary N) is 2. The molecule has 1 aliphatic carbocycles. The Hall–Kier alpha value is -0.650. The molecule has 1 atom stereocenters. The second kappa shape index (κ2) is 9.60. The van der Waals surface area contributed by atoms with Gasteiger partial charge in [-0.3, -0.25) is 4.79 Å². The minimum absolute atomic E-state index is 0. The van der Waals surface area contributed by atoms with Gasteiger partial charge in [0.1, 0.15) is 0 Å². The third kappa shape index (κ3) is 5.73. The summed E-state index contributed by atoms with van der Waals surface area (Å²) in [7, 11) is 0. The SMILES string of the molecule is Cl.O=C(CCC1CCNC1)NCCCc1nc2c(s1)CCCC2. The zero-order valence-electron chi connectivity index (χ0n) is 13.7. The summed E-state index contributed by atoms with van der Waals surface area (Å²) in [4.78, 5) is 18.1. The average Bonchev–Trinajstić information content (AvgIpc) is 3.18. The minimum Gasteiger partial charge on any atom is -0.356 e. The largest absolute Gasteiger partial charge is 0.356 e. The van der Waals surface area contributed by atoms with Crippen molar-refractivity contribution >= 4 is 29.7 Å². The topological polar surface area (TPSA) is 54.0 Å². The number of thiazole rings is 1. The van der Waals surface area contributed by atoms with Crippen LogP contribution >= 0.6 is 23.7 Å². The lowest BCUT2D eigenvalue weighted by atomic mass is 10.0. The van der Waals surface area contributed by atoms with Gasteiger partial charge in [0.05, 0.1) is 10.7 Å². The highest BCUT2D eigenvalue weighted by molar-refractivity contribution is 7.11. The van der Waals surface area contributed by atoms with Crippen LogP contribution in [0.4, 0.5) is 0 Å². The third-order valence-electron chi connectivity index (χ3n) is 4.72. The molecule has 1 aromatic heterocycles. The molecule has 0 bridgehead atoms. The van der Waals surface area contributed by atoms with E-state index in [1.165, 1.54) is 47.7 Å². The molecule has 1 unspecified atom stereocenters. The summed E-state index contributed by atoms with van der Waals surface area (Å²) >= 11 is 1.89. The molecule has 6 heteroatoms. The van der Waals surface area contributed by atoms with Crippen molar-refractivity contribution < 1.29 is 4.79 Å². The Morgan fingerprint density at radius 2 is 2.22 bits per heavy atom. The van der Waals surface area contributed by atoms with Gasteiger partial charge in [-0.15, -0.1) is 23.7 Å². The molecule has 1 amide bonds. The molecule has 2 N–H and O–H groups in total. The number of nitrogens with zero attached hydrogens (tertiary/aromatic N) is 1. The van der Waals surface area contributed by atoms with Crippen LogP contribution in [0.15, 0.2) is 0 Å². The molecule has 1 fully saturated rings. The fourth-order valence-electron chi connectivity index (χ4n) is 3.36. The zero-order chi connectivity index (χ0) is 15.2. The van der Waals surface area contributed by atoms with Crippen LogP contribution in [0.25, 0.3) is 0 Å². The second-order valence-electron chi connectivity index (χ2n) is 6.54. The number of aryl methyl sites for hydroxylation is 3. The molecular weight excluding hydrogens is 330 g/mol. The molecule has 0 saturated carbocycles. The number of carbonyl (C=O) groups is 1. The van der Waals surface area contributed by atoms with Gasteiger partial charge in [-0.1, -0.05) is 0 Å². The highest BCUT2D eigenvalue weighted by atomic mass is 35.5. The fourth-order valence-corrected chi connectivity index (χ4v) is 4.56. The summed E-state index contributed by atoms with van der Waals surface area (Å²) in [5, 5.41) is 7.67. The number of rotatable bonds is 7. The van der Waals surface area contributed by atoms with E-state index in [-0.39, 0.29) is 18.3 Å². The molecule has 130 valence electrons. The van der Waals surface area contributed by atoms with Crippen LogP contribution < -0.4 is 10.6 Å². The summed E-state index contributed by atoms with van der Waals surface area (Å²) in [6, 6.07) is 0. The first kappa shape index (κ1) is 18.7. The van der Waals surface area contributed by atoms with Crippen molar-refractivity contribution in [3.05, 3.63) is 15.6 Å². The Balaban J connectivity index is 0.00000192. The fraction of sp³-hybridized carbons (Fsp3) is 0.765. The Morgan fingerprint density at radius 3 is 3.00 bits per heavy atom. The molecule has 0 radical (unpaired) electrons. The van der Waals surface area contributed by atoms with E-state index in [4.69, 9.17) is 4.98 Å². The normalized spacial score (nSPS) is 19.9. The molecule has 3 rings (SSSR count). The van der Waals surface area contributed by atoms with Crippen LogP contribution in [-0.4, -0.2) is 30.5 Å². The van der Waals surface area contributed by atoms with Crippen LogP contribution in [0.3, 0.4) is 0 Å². The molecule has 2 aliphatic rings. The third-order valence-corrected chi connectivity index (χ3v) is 5.94.